The first-order chi connectivity index (χ1) is 7.33. The van der Waals surface area contributed by atoms with Crippen LogP contribution >= 0.6 is 15.9 Å². The van der Waals surface area contributed by atoms with Gasteiger partial charge in [-0.2, -0.15) is 0 Å². The highest BCUT2D eigenvalue weighted by molar-refractivity contribution is 9.10. The van der Waals surface area contributed by atoms with E-state index in [1.807, 2.05) is 35.0 Å². The Bertz CT molecular complexity index is 453. The van der Waals surface area contributed by atoms with E-state index in [-0.39, 0.29) is 6.61 Å². The number of halogens is 1. The molecule has 1 N–H and O–H groups in total. The average Bonchev–Trinajstić information content (AvgIpc) is 2.67. The van der Waals surface area contributed by atoms with Gasteiger partial charge in [0.05, 0.1) is 6.61 Å². The van der Waals surface area contributed by atoms with E-state index in [1.54, 1.807) is 6.20 Å². The van der Waals surface area contributed by atoms with Gasteiger partial charge in [0.1, 0.15) is 5.82 Å². The maximum absolute atomic E-state index is 8.92. The van der Waals surface area contributed by atoms with Crippen LogP contribution in [0.4, 0.5) is 0 Å². The van der Waals surface area contributed by atoms with Crippen molar-refractivity contribution in [1.82, 2.24) is 9.55 Å². The molecule has 1 aromatic heterocycles. The molecule has 2 rings (SSSR count). The third kappa shape index (κ3) is 2.11. The van der Waals surface area contributed by atoms with E-state index in [2.05, 4.69) is 20.9 Å². The molecule has 0 aliphatic heterocycles. The minimum Gasteiger partial charge on any atom is -0.395 e. The van der Waals surface area contributed by atoms with Crippen LogP contribution in [0.1, 0.15) is 0 Å². The van der Waals surface area contributed by atoms with Crippen LogP contribution < -0.4 is 0 Å². The van der Waals surface area contributed by atoms with Gasteiger partial charge in [-0.3, -0.25) is 0 Å². The fraction of sp³-hybridized carbons (Fsp3) is 0.182. The van der Waals surface area contributed by atoms with Crippen molar-refractivity contribution in [2.75, 3.05) is 6.61 Å². The van der Waals surface area contributed by atoms with Gasteiger partial charge < -0.3 is 9.67 Å². The summed E-state index contributed by atoms with van der Waals surface area (Å²) in [7, 11) is 0. The second-order valence-corrected chi connectivity index (χ2v) is 4.00. The zero-order chi connectivity index (χ0) is 10.7. The second kappa shape index (κ2) is 4.59. The molecule has 0 amide bonds. The fourth-order valence-electron chi connectivity index (χ4n) is 1.48. The first kappa shape index (κ1) is 10.4. The van der Waals surface area contributed by atoms with Crippen LogP contribution in [-0.4, -0.2) is 21.3 Å². The molecule has 0 saturated heterocycles. The lowest BCUT2D eigenvalue weighted by molar-refractivity contribution is 0.276. The van der Waals surface area contributed by atoms with Crippen LogP contribution in [-0.2, 0) is 6.54 Å². The van der Waals surface area contributed by atoms with Crippen molar-refractivity contribution in [2.45, 2.75) is 6.54 Å². The molecule has 1 heterocycles. The Balaban J connectivity index is 2.45. The minimum absolute atomic E-state index is 0.119. The number of aliphatic hydroxyl groups excluding tert-OH is 1. The smallest absolute Gasteiger partial charge is 0.141 e. The van der Waals surface area contributed by atoms with E-state index in [0.717, 1.165) is 15.9 Å². The number of imidazole rings is 1. The van der Waals surface area contributed by atoms with Gasteiger partial charge in [0, 0.05) is 29.0 Å². The lowest BCUT2D eigenvalue weighted by Crippen LogP contribution is -2.03. The second-order valence-electron chi connectivity index (χ2n) is 3.15. The lowest BCUT2D eigenvalue weighted by atomic mass is 10.2. The van der Waals surface area contributed by atoms with Crippen molar-refractivity contribution in [2.24, 2.45) is 0 Å². The van der Waals surface area contributed by atoms with E-state index < -0.39 is 0 Å². The molecule has 0 aliphatic carbocycles. The molecule has 0 spiro atoms. The Hall–Kier alpha value is -1.13. The molecule has 78 valence electrons. The Morgan fingerprint density at radius 1 is 1.33 bits per heavy atom. The molecule has 0 atom stereocenters. The Morgan fingerprint density at radius 3 is 2.87 bits per heavy atom. The van der Waals surface area contributed by atoms with Gasteiger partial charge in [-0.15, -0.1) is 0 Å². The molecular weight excluding hydrogens is 256 g/mol. The van der Waals surface area contributed by atoms with Crippen LogP contribution in [0.15, 0.2) is 41.1 Å². The largest absolute Gasteiger partial charge is 0.395 e. The normalized spacial score (nSPS) is 10.5. The van der Waals surface area contributed by atoms with E-state index in [1.165, 1.54) is 0 Å². The molecule has 3 nitrogen and oxygen atoms in total. The number of rotatable bonds is 3. The van der Waals surface area contributed by atoms with Gasteiger partial charge in [0.15, 0.2) is 0 Å². The zero-order valence-electron chi connectivity index (χ0n) is 8.10. The number of benzene rings is 1. The number of aromatic nitrogens is 2. The molecule has 2 aromatic rings. The topological polar surface area (TPSA) is 38.0 Å². The van der Waals surface area contributed by atoms with Crippen LogP contribution in [0.25, 0.3) is 11.4 Å². The van der Waals surface area contributed by atoms with Crippen molar-refractivity contribution in [3.63, 3.8) is 0 Å². The van der Waals surface area contributed by atoms with Crippen LogP contribution in [0, 0.1) is 0 Å². The van der Waals surface area contributed by atoms with Gasteiger partial charge in [-0.05, 0) is 6.07 Å². The third-order valence-corrected chi connectivity index (χ3v) is 2.86. The number of hydrogen-bond donors (Lipinski definition) is 1. The fourth-order valence-corrected chi connectivity index (χ4v) is 1.95. The Morgan fingerprint density at radius 2 is 2.13 bits per heavy atom. The SMILES string of the molecule is OCCn1ccnc1-c1ccccc1Br. The van der Waals surface area contributed by atoms with Crippen LogP contribution in [0.3, 0.4) is 0 Å². The monoisotopic (exact) mass is 266 g/mol. The molecule has 1 aromatic carbocycles. The maximum Gasteiger partial charge on any atom is 0.141 e. The van der Waals surface area contributed by atoms with E-state index in [9.17, 15) is 0 Å². The predicted molar refractivity (Wildman–Crippen MR) is 62.4 cm³/mol. The molecular formula is C11H11BrN2O. The maximum atomic E-state index is 8.92. The van der Waals surface area contributed by atoms with Crippen molar-refractivity contribution in [1.29, 1.82) is 0 Å². The summed E-state index contributed by atoms with van der Waals surface area (Å²) in [4.78, 5) is 4.29. The Kier molecular flexibility index (Phi) is 3.18. The summed E-state index contributed by atoms with van der Waals surface area (Å²) in [5, 5.41) is 8.92. The number of nitrogens with zero attached hydrogens (tertiary/aromatic N) is 2. The molecule has 0 aliphatic rings. The molecule has 0 saturated carbocycles. The molecule has 0 unspecified atom stereocenters. The first-order valence-electron chi connectivity index (χ1n) is 4.70. The predicted octanol–water partition coefficient (Wildman–Crippen LogP) is 2.30. The average molecular weight is 267 g/mol. The van der Waals surface area contributed by atoms with Crippen molar-refractivity contribution in [3.8, 4) is 11.4 Å². The van der Waals surface area contributed by atoms with Crippen LogP contribution in [0.2, 0.25) is 0 Å². The van der Waals surface area contributed by atoms with Gasteiger partial charge in [0.25, 0.3) is 0 Å². The highest BCUT2D eigenvalue weighted by atomic mass is 79.9. The van der Waals surface area contributed by atoms with Gasteiger partial charge in [-0.1, -0.05) is 34.1 Å². The molecule has 0 radical (unpaired) electrons. The van der Waals surface area contributed by atoms with E-state index >= 15 is 0 Å². The summed E-state index contributed by atoms with van der Waals surface area (Å²) in [6.45, 7) is 0.685. The standard InChI is InChI=1S/C11H11BrN2O/c12-10-4-2-1-3-9(10)11-13-5-6-14(11)7-8-15/h1-6,15H,7-8H2. The summed E-state index contributed by atoms with van der Waals surface area (Å²) in [5.74, 6) is 0.872. The minimum atomic E-state index is 0.119. The summed E-state index contributed by atoms with van der Waals surface area (Å²) in [6.07, 6.45) is 3.61. The summed E-state index contributed by atoms with van der Waals surface area (Å²) < 4.78 is 2.94. The highest BCUT2D eigenvalue weighted by Crippen LogP contribution is 2.26. The Labute approximate surface area is 96.5 Å². The summed E-state index contributed by atoms with van der Waals surface area (Å²) >= 11 is 3.49. The number of aliphatic hydroxyl groups is 1. The van der Waals surface area contributed by atoms with E-state index in [4.69, 9.17) is 5.11 Å². The van der Waals surface area contributed by atoms with E-state index in [0.29, 0.717) is 6.54 Å². The lowest BCUT2D eigenvalue weighted by Gasteiger charge is -2.07. The molecule has 0 fully saturated rings. The van der Waals surface area contributed by atoms with Gasteiger partial charge >= 0.3 is 0 Å². The molecule has 15 heavy (non-hydrogen) atoms. The molecule has 0 bridgehead atoms. The zero-order valence-corrected chi connectivity index (χ0v) is 9.68. The number of hydrogen-bond acceptors (Lipinski definition) is 2. The van der Waals surface area contributed by atoms with Crippen LogP contribution in [0.5, 0.6) is 0 Å². The van der Waals surface area contributed by atoms with Gasteiger partial charge in [-0.25, -0.2) is 4.98 Å². The van der Waals surface area contributed by atoms with Crippen molar-refractivity contribution in [3.05, 3.63) is 41.1 Å². The van der Waals surface area contributed by atoms with Crippen molar-refractivity contribution < 1.29 is 5.11 Å². The van der Waals surface area contributed by atoms with Gasteiger partial charge in [0.2, 0.25) is 0 Å². The summed E-state index contributed by atoms with van der Waals surface area (Å²) in [6, 6.07) is 7.92. The first-order valence-corrected chi connectivity index (χ1v) is 5.49. The quantitative estimate of drug-likeness (QED) is 0.926. The highest BCUT2D eigenvalue weighted by Gasteiger charge is 2.07. The molecule has 4 heteroatoms. The summed E-state index contributed by atoms with van der Waals surface area (Å²) in [5.41, 5.74) is 1.04. The third-order valence-electron chi connectivity index (χ3n) is 2.17. The van der Waals surface area contributed by atoms with Crippen molar-refractivity contribution >= 4 is 15.9 Å².